The van der Waals surface area contributed by atoms with Gasteiger partial charge in [0.1, 0.15) is 6.35 Å². The molecule has 0 saturated carbocycles. The van der Waals surface area contributed by atoms with Crippen LogP contribution in [0, 0.1) is 5.92 Å². The molecular weight excluding hydrogens is 315 g/mol. The van der Waals surface area contributed by atoms with Gasteiger partial charge in [-0.1, -0.05) is 0 Å². The molecule has 22 heavy (non-hydrogen) atoms. The van der Waals surface area contributed by atoms with Crippen molar-refractivity contribution < 1.29 is 37.4 Å². The van der Waals surface area contributed by atoms with Crippen LogP contribution in [0.2, 0.25) is 0 Å². The van der Waals surface area contributed by atoms with E-state index in [2.05, 4.69) is 0 Å². The van der Waals surface area contributed by atoms with E-state index in [9.17, 15) is 14.2 Å². The molecule has 0 rings (SSSR count). The molecule has 0 aromatic rings. The number of carbonyl (C=O) groups is 2. The van der Waals surface area contributed by atoms with Crippen molar-refractivity contribution in [3.05, 3.63) is 0 Å². The van der Waals surface area contributed by atoms with Gasteiger partial charge in [-0.2, -0.15) is 0 Å². The van der Waals surface area contributed by atoms with Crippen LogP contribution in [-0.4, -0.2) is 51.3 Å². The number of esters is 2. The van der Waals surface area contributed by atoms with E-state index >= 15 is 0 Å². The highest BCUT2D eigenvalue weighted by atomic mass is 31.2. The van der Waals surface area contributed by atoms with E-state index in [-0.39, 0.29) is 39.4 Å². The highest BCUT2D eigenvalue weighted by Crippen LogP contribution is 2.47. The normalized spacial score (nSPS) is 11.5. The molecule has 0 aliphatic heterocycles. The summed E-state index contributed by atoms with van der Waals surface area (Å²) in [6.45, 7) is 6.92. The summed E-state index contributed by atoms with van der Waals surface area (Å²) in [7, 11) is -3.39. The van der Waals surface area contributed by atoms with Gasteiger partial charge in [-0.05, 0) is 27.7 Å². The molecule has 0 aliphatic carbocycles. The lowest BCUT2D eigenvalue weighted by Gasteiger charge is -2.19. The van der Waals surface area contributed by atoms with Crippen LogP contribution in [0.25, 0.3) is 0 Å². The third kappa shape index (κ3) is 7.89. The maximum atomic E-state index is 12.2. The molecule has 130 valence electrons. The smallest absolute Gasteiger partial charge is 0.356 e. The van der Waals surface area contributed by atoms with Gasteiger partial charge in [0.25, 0.3) is 0 Å². The largest absolute Gasteiger partial charge is 0.465 e. The highest BCUT2D eigenvalue weighted by Gasteiger charge is 2.32. The fourth-order valence-corrected chi connectivity index (χ4v) is 2.84. The van der Waals surface area contributed by atoms with Crippen LogP contribution in [0.15, 0.2) is 0 Å². The molecule has 8 nitrogen and oxygen atoms in total. The third-order valence-electron chi connectivity index (χ3n) is 2.33. The van der Waals surface area contributed by atoms with E-state index in [0.717, 1.165) is 0 Å². The molecule has 0 bridgehead atoms. The summed E-state index contributed by atoms with van der Waals surface area (Å²) >= 11 is 0. The van der Waals surface area contributed by atoms with E-state index in [1.54, 1.807) is 27.7 Å². The summed E-state index contributed by atoms with van der Waals surface area (Å²) in [5.74, 6) is -2.72. The van der Waals surface area contributed by atoms with E-state index in [0.29, 0.717) is 0 Å². The lowest BCUT2D eigenvalue weighted by Crippen LogP contribution is -2.32. The van der Waals surface area contributed by atoms with E-state index in [4.69, 9.17) is 23.3 Å². The average Bonchev–Trinajstić information content (AvgIpc) is 2.44. The Morgan fingerprint density at radius 1 is 0.864 bits per heavy atom. The van der Waals surface area contributed by atoms with Gasteiger partial charge in [0, 0.05) is 0 Å². The average molecular weight is 340 g/mol. The number of carbonyl (C=O) groups excluding carboxylic acids is 2. The molecule has 0 unspecified atom stereocenters. The molecule has 0 heterocycles. The number of rotatable bonds is 12. The van der Waals surface area contributed by atoms with Crippen molar-refractivity contribution in [2.45, 2.75) is 27.7 Å². The number of hydrogen-bond donors (Lipinski definition) is 0. The zero-order chi connectivity index (χ0) is 17.0. The lowest BCUT2D eigenvalue weighted by molar-refractivity contribution is -0.164. The van der Waals surface area contributed by atoms with Crippen LogP contribution in [0.1, 0.15) is 27.7 Å². The Morgan fingerprint density at radius 2 is 1.32 bits per heavy atom. The van der Waals surface area contributed by atoms with Gasteiger partial charge >= 0.3 is 19.5 Å². The second-order valence-corrected chi connectivity index (χ2v) is 6.00. The minimum Gasteiger partial charge on any atom is -0.465 e. The summed E-state index contributed by atoms with van der Waals surface area (Å²) in [4.78, 5) is 23.5. The summed E-state index contributed by atoms with van der Waals surface area (Å²) < 4.78 is 37.1. The predicted octanol–water partition coefficient (Wildman–Crippen LogP) is 1.97. The van der Waals surface area contributed by atoms with Gasteiger partial charge in [-0.3, -0.25) is 14.2 Å². The first-order chi connectivity index (χ1) is 10.4. The lowest BCUT2D eigenvalue weighted by atomic mass is 10.1. The first-order valence-corrected chi connectivity index (χ1v) is 8.95. The molecule has 0 aliphatic rings. The monoisotopic (exact) mass is 340 g/mol. The van der Waals surface area contributed by atoms with Crippen LogP contribution in [0.4, 0.5) is 0 Å². The van der Waals surface area contributed by atoms with E-state index in [1.165, 1.54) is 0 Å². The zero-order valence-corrected chi connectivity index (χ0v) is 14.4. The zero-order valence-electron chi connectivity index (χ0n) is 13.5. The molecule has 0 radical (unpaired) electrons. The Labute approximate surface area is 130 Å². The van der Waals surface area contributed by atoms with Crippen molar-refractivity contribution in [2.75, 3.05) is 39.4 Å². The fourth-order valence-electron chi connectivity index (χ4n) is 1.51. The van der Waals surface area contributed by atoms with Gasteiger partial charge in [0.15, 0.2) is 5.92 Å². The quantitative estimate of drug-likeness (QED) is 0.302. The van der Waals surface area contributed by atoms with Crippen molar-refractivity contribution in [2.24, 2.45) is 5.92 Å². The molecule has 0 aromatic carbocycles. The van der Waals surface area contributed by atoms with Crippen LogP contribution in [-0.2, 0) is 37.4 Å². The minimum absolute atomic E-state index is 0.130. The predicted molar refractivity (Wildman–Crippen MR) is 78.4 cm³/mol. The molecule has 0 fully saturated rings. The fraction of sp³-hybridized carbons (Fsp3) is 0.846. The van der Waals surface area contributed by atoms with E-state index in [1.807, 2.05) is 0 Å². The van der Waals surface area contributed by atoms with Crippen molar-refractivity contribution in [3.8, 4) is 0 Å². The Bertz CT molecular complexity index is 356. The molecular formula is C13H25O8P. The standard InChI is InChI=1S/C13H25O8P/c1-5-18-12(14)11(13(15)19-6-2)9-17-10-22(16,20-7-3)21-8-4/h11H,5-10H2,1-4H3. The Balaban J connectivity index is 4.64. The van der Waals surface area contributed by atoms with Gasteiger partial charge in [-0.25, -0.2) is 0 Å². The molecule has 0 amide bonds. The van der Waals surface area contributed by atoms with Gasteiger partial charge < -0.3 is 23.3 Å². The second-order valence-electron chi connectivity index (χ2n) is 4.00. The van der Waals surface area contributed by atoms with Crippen LogP contribution in [0.3, 0.4) is 0 Å². The molecule has 0 N–H and O–H groups in total. The SMILES string of the molecule is CCOC(=O)C(COCP(=O)(OCC)OCC)C(=O)OCC. The first-order valence-electron chi connectivity index (χ1n) is 7.23. The summed E-state index contributed by atoms with van der Waals surface area (Å²) in [5, 5.41) is 0. The first kappa shape index (κ1) is 21.0. The highest BCUT2D eigenvalue weighted by molar-refractivity contribution is 7.53. The van der Waals surface area contributed by atoms with Crippen molar-refractivity contribution in [3.63, 3.8) is 0 Å². The minimum atomic E-state index is -3.39. The molecule has 0 saturated heterocycles. The van der Waals surface area contributed by atoms with Gasteiger partial charge in [0.05, 0.1) is 33.0 Å². The van der Waals surface area contributed by atoms with Crippen LogP contribution < -0.4 is 0 Å². The van der Waals surface area contributed by atoms with E-state index < -0.39 is 25.5 Å². The summed E-state index contributed by atoms with van der Waals surface area (Å²) in [5.41, 5.74) is 0. The third-order valence-corrected chi connectivity index (χ3v) is 4.13. The van der Waals surface area contributed by atoms with Gasteiger partial charge in [-0.15, -0.1) is 0 Å². The second kappa shape index (κ2) is 11.6. The Kier molecular flexibility index (Phi) is 11.1. The molecule has 9 heteroatoms. The van der Waals surface area contributed by atoms with Crippen molar-refractivity contribution in [1.82, 2.24) is 0 Å². The number of ether oxygens (including phenoxy) is 3. The van der Waals surface area contributed by atoms with Gasteiger partial charge in [0.2, 0.25) is 0 Å². The Hall–Kier alpha value is -0.950. The van der Waals surface area contributed by atoms with Crippen LogP contribution >= 0.6 is 7.60 Å². The van der Waals surface area contributed by atoms with Crippen LogP contribution in [0.5, 0.6) is 0 Å². The molecule has 0 atom stereocenters. The molecule has 0 spiro atoms. The topological polar surface area (TPSA) is 97.4 Å². The summed E-state index contributed by atoms with van der Waals surface area (Å²) in [6, 6.07) is 0. The van der Waals surface area contributed by atoms with Crippen molar-refractivity contribution >= 4 is 19.5 Å². The maximum Gasteiger partial charge on any atom is 0.356 e. The van der Waals surface area contributed by atoms with Crippen molar-refractivity contribution in [1.29, 1.82) is 0 Å². The summed E-state index contributed by atoms with van der Waals surface area (Å²) in [6.07, 6.45) is -0.357. The Morgan fingerprint density at radius 3 is 1.68 bits per heavy atom. The maximum absolute atomic E-state index is 12.2. The molecule has 0 aromatic heterocycles. The number of hydrogen-bond acceptors (Lipinski definition) is 8.